The van der Waals surface area contributed by atoms with Gasteiger partial charge in [-0.25, -0.2) is 4.79 Å². The Labute approximate surface area is 131 Å². The summed E-state index contributed by atoms with van der Waals surface area (Å²) in [6, 6.07) is 3.57. The summed E-state index contributed by atoms with van der Waals surface area (Å²) >= 11 is 6.16. The number of alkyl carbamates (subject to hydrolysis) is 1. The average molecular weight is 309 g/mol. The summed E-state index contributed by atoms with van der Waals surface area (Å²) in [6.07, 6.45) is 0.0737. The Kier molecular flexibility index (Phi) is 5.92. The van der Waals surface area contributed by atoms with Crippen LogP contribution in [0.2, 0.25) is 5.02 Å². The minimum atomic E-state index is -0.495. The van der Waals surface area contributed by atoms with Crippen LogP contribution in [-0.2, 0) is 4.74 Å². The van der Waals surface area contributed by atoms with Crippen molar-refractivity contribution < 1.29 is 9.53 Å². The van der Waals surface area contributed by atoms with Crippen molar-refractivity contribution in [3.8, 4) is 11.8 Å². The molecule has 0 aliphatic rings. The highest BCUT2D eigenvalue weighted by molar-refractivity contribution is 6.32. The fourth-order valence-corrected chi connectivity index (χ4v) is 1.71. The molecule has 0 saturated heterocycles. The minimum absolute atomic E-state index is 0.424. The molecule has 4 nitrogen and oxygen atoms in total. The second-order valence-electron chi connectivity index (χ2n) is 5.62. The van der Waals surface area contributed by atoms with Crippen LogP contribution in [0.25, 0.3) is 0 Å². The number of rotatable bonds is 2. The molecule has 3 N–H and O–H groups in total. The number of anilines is 1. The Morgan fingerprint density at radius 3 is 2.71 bits per heavy atom. The molecule has 0 saturated carbocycles. The lowest BCUT2D eigenvalue weighted by Gasteiger charge is -2.19. The second kappa shape index (κ2) is 7.24. The van der Waals surface area contributed by atoms with Gasteiger partial charge in [-0.1, -0.05) is 23.4 Å². The van der Waals surface area contributed by atoms with Crippen LogP contribution in [0.4, 0.5) is 10.5 Å². The number of hydrogen-bond donors (Lipinski definition) is 2. The van der Waals surface area contributed by atoms with Crippen molar-refractivity contribution in [1.82, 2.24) is 5.32 Å². The summed E-state index contributed by atoms with van der Waals surface area (Å²) in [7, 11) is 0. The van der Waals surface area contributed by atoms with E-state index in [1.807, 2.05) is 27.7 Å². The van der Waals surface area contributed by atoms with Gasteiger partial charge < -0.3 is 15.8 Å². The monoisotopic (exact) mass is 308 g/mol. The number of carbonyl (C=O) groups is 1. The fraction of sp³-hybridized carbons (Fsp3) is 0.438. The highest BCUT2D eigenvalue weighted by Gasteiger charge is 2.15. The molecule has 0 heterocycles. The van der Waals surface area contributed by atoms with Crippen LogP contribution in [0, 0.1) is 18.8 Å². The molecule has 0 radical (unpaired) electrons. The van der Waals surface area contributed by atoms with Gasteiger partial charge >= 0.3 is 6.09 Å². The summed E-state index contributed by atoms with van der Waals surface area (Å²) in [5.74, 6) is 5.94. The molecule has 0 fully saturated rings. The highest BCUT2D eigenvalue weighted by atomic mass is 35.5. The van der Waals surface area contributed by atoms with Crippen LogP contribution < -0.4 is 11.1 Å². The summed E-state index contributed by atoms with van der Waals surface area (Å²) in [5.41, 5.74) is 7.48. The van der Waals surface area contributed by atoms with E-state index in [9.17, 15) is 4.79 Å². The van der Waals surface area contributed by atoms with Gasteiger partial charge in [-0.3, -0.25) is 0 Å². The first-order chi connectivity index (χ1) is 9.70. The van der Waals surface area contributed by atoms with Crippen molar-refractivity contribution in [3.63, 3.8) is 0 Å². The maximum absolute atomic E-state index is 11.4. The molecule has 0 bridgehead atoms. The van der Waals surface area contributed by atoms with Gasteiger partial charge in [0.2, 0.25) is 0 Å². The van der Waals surface area contributed by atoms with Crippen LogP contribution in [0.1, 0.15) is 38.3 Å². The highest BCUT2D eigenvalue weighted by Crippen LogP contribution is 2.24. The number of hydrogen-bond acceptors (Lipinski definition) is 3. The predicted octanol–water partition coefficient (Wildman–Crippen LogP) is 3.50. The number of nitrogens with one attached hydrogen (secondary N) is 1. The van der Waals surface area contributed by atoms with E-state index in [1.54, 1.807) is 12.1 Å². The van der Waals surface area contributed by atoms with Gasteiger partial charge in [0, 0.05) is 24.2 Å². The third-order valence-corrected chi connectivity index (χ3v) is 3.06. The normalized spacial score (nSPS) is 10.5. The molecule has 0 aromatic heterocycles. The van der Waals surface area contributed by atoms with E-state index in [4.69, 9.17) is 22.1 Å². The number of halogens is 1. The van der Waals surface area contributed by atoms with Crippen molar-refractivity contribution in [1.29, 1.82) is 0 Å². The van der Waals surface area contributed by atoms with Crippen LogP contribution >= 0.6 is 11.6 Å². The number of benzene rings is 1. The summed E-state index contributed by atoms with van der Waals surface area (Å²) in [6.45, 7) is 7.73. The number of amides is 1. The van der Waals surface area contributed by atoms with Gasteiger partial charge in [-0.15, -0.1) is 0 Å². The van der Waals surface area contributed by atoms with Gasteiger partial charge in [0.15, 0.2) is 0 Å². The Bertz CT molecular complexity index is 580. The van der Waals surface area contributed by atoms with Crippen LogP contribution in [0.15, 0.2) is 12.1 Å². The SMILES string of the molecule is Cc1c(N)ccc(C#CCCNC(=O)OC(C)(C)C)c1Cl. The van der Waals surface area contributed by atoms with E-state index >= 15 is 0 Å². The van der Waals surface area contributed by atoms with Crippen molar-refractivity contribution in [2.24, 2.45) is 0 Å². The summed E-state index contributed by atoms with van der Waals surface area (Å²) in [4.78, 5) is 11.4. The van der Waals surface area contributed by atoms with Crippen molar-refractivity contribution >= 4 is 23.4 Å². The van der Waals surface area contributed by atoms with Crippen molar-refractivity contribution in [2.75, 3.05) is 12.3 Å². The predicted molar refractivity (Wildman–Crippen MR) is 86.3 cm³/mol. The van der Waals surface area contributed by atoms with E-state index in [0.29, 0.717) is 23.7 Å². The largest absolute Gasteiger partial charge is 0.444 e. The molecule has 0 unspecified atom stereocenters. The molecule has 0 aliphatic heterocycles. The van der Waals surface area contributed by atoms with Gasteiger partial charge in [0.1, 0.15) is 5.60 Å². The van der Waals surface area contributed by atoms with Gasteiger partial charge in [0.05, 0.1) is 5.02 Å². The molecule has 1 rings (SSSR count). The quantitative estimate of drug-likeness (QED) is 0.499. The third-order valence-electron chi connectivity index (χ3n) is 2.57. The number of ether oxygens (including phenoxy) is 1. The van der Waals surface area contributed by atoms with Crippen molar-refractivity contribution in [2.45, 2.75) is 39.7 Å². The van der Waals surface area contributed by atoms with Crippen LogP contribution in [-0.4, -0.2) is 18.2 Å². The first-order valence-corrected chi connectivity index (χ1v) is 7.09. The maximum Gasteiger partial charge on any atom is 0.407 e. The second-order valence-corrected chi connectivity index (χ2v) is 6.00. The average Bonchev–Trinajstić information content (AvgIpc) is 2.36. The molecule has 5 heteroatoms. The molecule has 114 valence electrons. The van der Waals surface area contributed by atoms with E-state index in [0.717, 1.165) is 11.1 Å². The smallest absolute Gasteiger partial charge is 0.407 e. The van der Waals surface area contributed by atoms with E-state index < -0.39 is 11.7 Å². The molecular formula is C16H21ClN2O2. The molecule has 0 aliphatic carbocycles. The minimum Gasteiger partial charge on any atom is -0.444 e. The maximum atomic E-state index is 11.4. The standard InChI is InChI=1S/C16H21ClN2O2/c1-11-13(18)9-8-12(14(11)17)7-5-6-10-19-15(20)21-16(2,3)4/h8-9H,6,10,18H2,1-4H3,(H,19,20). The zero-order chi connectivity index (χ0) is 16.0. The lowest BCUT2D eigenvalue weighted by atomic mass is 10.1. The Morgan fingerprint density at radius 1 is 1.43 bits per heavy atom. The van der Waals surface area contributed by atoms with E-state index in [-0.39, 0.29) is 0 Å². The topological polar surface area (TPSA) is 64.3 Å². The molecule has 1 aromatic rings. The molecule has 0 atom stereocenters. The molecule has 0 spiro atoms. The fourth-order valence-electron chi connectivity index (χ4n) is 1.50. The first kappa shape index (κ1) is 17.2. The lowest BCUT2D eigenvalue weighted by Crippen LogP contribution is -2.32. The molecule has 21 heavy (non-hydrogen) atoms. The van der Waals surface area contributed by atoms with Crippen molar-refractivity contribution in [3.05, 3.63) is 28.3 Å². The van der Waals surface area contributed by atoms with Gasteiger partial charge in [-0.2, -0.15) is 0 Å². The number of nitrogen functional groups attached to an aromatic ring is 1. The molecule has 1 amide bonds. The third kappa shape index (κ3) is 5.97. The van der Waals surface area contributed by atoms with Gasteiger partial charge in [-0.05, 0) is 45.4 Å². The van der Waals surface area contributed by atoms with Crippen LogP contribution in [0.3, 0.4) is 0 Å². The summed E-state index contributed by atoms with van der Waals surface area (Å²) in [5, 5.41) is 3.22. The zero-order valence-electron chi connectivity index (χ0n) is 12.8. The Hall–Kier alpha value is -1.86. The lowest BCUT2D eigenvalue weighted by molar-refractivity contribution is 0.0529. The number of carbonyl (C=O) groups excluding carboxylic acids is 1. The first-order valence-electron chi connectivity index (χ1n) is 6.71. The number of nitrogens with two attached hydrogens (primary N) is 1. The van der Waals surface area contributed by atoms with E-state index in [2.05, 4.69) is 17.2 Å². The van der Waals surface area contributed by atoms with Crippen LogP contribution in [0.5, 0.6) is 0 Å². The zero-order valence-corrected chi connectivity index (χ0v) is 13.6. The Balaban J connectivity index is 2.48. The van der Waals surface area contributed by atoms with Gasteiger partial charge in [0.25, 0.3) is 0 Å². The van der Waals surface area contributed by atoms with E-state index in [1.165, 1.54) is 0 Å². The molecule has 1 aromatic carbocycles. The Morgan fingerprint density at radius 2 is 2.10 bits per heavy atom. The molecular weight excluding hydrogens is 288 g/mol. The summed E-state index contributed by atoms with van der Waals surface area (Å²) < 4.78 is 5.12.